The van der Waals surface area contributed by atoms with Crippen molar-refractivity contribution in [1.29, 1.82) is 0 Å². The van der Waals surface area contributed by atoms with E-state index in [1.54, 1.807) is 0 Å². The van der Waals surface area contributed by atoms with Crippen LogP contribution >= 0.6 is 0 Å². The molecule has 2 unspecified atom stereocenters. The molecule has 18 heavy (non-hydrogen) atoms. The molecule has 0 bridgehead atoms. The third-order valence-electron chi connectivity index (χ3n) is 3.86. The van der Waals surface area contributed by atoms with Crippen molar-refractivity contribution in [3.8, 4) is 0 Å². The first-order valence-corrected chi connectivity index (χ1v) is 6.56. The highest BCUT2D eigenvalue weighted by Gasteiger charge is 2.44. The van der Waals surface area contributed by atoms with Crippen LogP contribution in [-0.2, 0) is 9.59 Å². The molecule has 104 valence electrons. The molecule has 0 radical (unpaired) electrons. The molecule has 1 fully saturated rings. The Bertz CT molecular complexity index is 330. The van der Waals surface area contributed by atoms with Crippen LogP contribution < -0.4 is 11.1 Å². The standard InChI is InChI=1S/C13H24N2O3/c1-8(2)7-9(11(16)17)15-12(18)13(3)6-4-5-10(13)14/h8-10H,4-7,14H2,1-3H3,(H,15,18)(H,16,17)/t9-,10?,13?/m0/s1. The van der Waals surface area contributed by atoms with E-state index in [9.17, 15) is 9.59 Å². The normalized spacial score (nSPS) is 29.3. The van der Waals surface area contributed by atoms with E-state index in [1.807, 2.05) is 20.8 Å². The Kier molecular flexibility index (Phi) is 4.73. The summed E-state index contributed by atoms with van der Waals surface area (Å²) in [5.41, 5.74) is 5.34. The van der Waals surface area contributed by atoms with Gasteiger partial charge in [-0.2, -0.15) is 0 Å². The molecule has 3 atom stereocenters. The van der Waals surface area contributed by atoms with Gasteiger partial charge in [-0.25, -0.2) is 4.79 Å². The Morgan fingerprint density at radius 2 is 2.11 bits per heavy atom. The van der Waals surface area contributed by atoms with E-state index in [-0.39, 0.29) is 17.9 Å². The lowest BCUT2D eigenvalue weighted by Crippen LogP contribution is -2.52. The number of carbonyl (C=O) groups is 2. The lowest BCUT2D eigenvalue weighted by molar-refractivity contribution is -0.144. The molecular formula is C13H24N2O3. The second-order valence-corrected chi connectivity index (χ2v) is 5.91. The zero-order valence-corrected chi connectivity index (χ0v) is 11.4. The fourth-order valence-electron chi connectivity index (χ4n) is 2.49. The molecule has 0 heterocycles. The minimum absolute atomic E-state index is 0.175. The van der Waals surface area contributed by atoms with E-state index in [0.29, 0.717) is 6.42 Å². The van der Waals surface area contributed by atoms with Crippen molar-refractivity contribution in [2.75, 3.05) is 0 Å². The number of carbonyl (C=O) groups excluding carboxylic acids is 1. The van der Waals surface area contributed by atoms with Crippen molar-refractivity contribution >= 4 is 11.9 Å². The Labute approximate surface area is 108 Å². The molecule has 1 amide bonds. The molecule has 5 heteroatoms. The van der Waals surface area contributed by atoms with Crippen LogP contribution in [0.4, 0.5) is 0 Å². The molecule has 1 rings (SSSR count). The molecule has 0 aromatic carbocycles. The van der Waals surface area contributed by atoms with Gasteiger partial charge in [0.1, 0.15) is 6.04 Å². The zero-order chi connectivity index (χ0) is 13.9. The highest BCUT2D eigenvalue weighted by atomic mass is 16.4. The second kappa shape index (κ2) is 5.69. The number of hydrogen-bond acceptors (Lipinski definition) is 3. The van der Waals surface area contributed by atoms with Gasteiger partial charge in [-0.1, -0.05) is 20.3 Å². The molecule has 1 aliphatic rings. The fourth-order valence-corrected chi connectivity index (χ4v) is 2.49. The largest absolute Gasteiger partial charge is 0.480 e. The highest BCUT2D eigenvalue weighted by Crippen LogP contribution is 2.36. The Morgan fingerprint density at radius 1 is 1.50 bits per heavy atom. The van der Waals surface area contributed by atoms with Gasteiger partial charge in [-0.3, -0.25) is 4.79 Å². The molecule has 1 aliphatic carbocycles. The second-order valence-electron chi connectivity index (χ2n) is 5.91. The monoisotopic (exact) mass is 256 g/mol. The van der Waals surface area contributed by atoms with Crippen LogP contribution in [0.5, 0.6) is 0 Å². The fraction of sp³-hybridized carbons (Fsp3) is 0.846. The summed E-state index contributed by atoms with van der Waals surface area (Å²) in [6, 6.07) is -0.992. The molecule has 4 N–H and O–H groups in total. The quantitative estimate of drug-likeness (QED) is 0.687. The van der Waals surface area contributed by atoms with Crippen LogP contribution in [0.15, 0.2) is 0 Å². The average Bonchev–Trinajstić information content (AvgIpc) is 2.58. The topological polar surface area (TPSA) is 92.4 Å². The van der Waals surface area contributed by atoms with Crippen molar-refractivity contribution < 1.29 is 14.7 Å². The number of hydrogen-bond donors (Lipinski definition) is 3. The maximum atomic E-state index is 12.2. The van der Waals surface area contributed by atoms with E-state index in [4.69, 9.17) is 10.8 Å². The summed E-state index contributed by atoms with van der Waals surface area (Å²) in [6.07, 6.45) is 2.92. The lowest BCUT2D eigenvalue weighted by Gasteiger charge is -2.29. The van der Waals surface area contributed by atoms with Crippen LogP contribution in [0.1, 0.15) is 46.5 Å². The van der Waals surface area contributed by atoms with Crippen molar-refractivity contribution in [2.24, 2.45) is 17.1 Å². The maximum absolute atomic E-state index is 12.2. The SMILES string of the molecule is CC(C)C[C@H](NC(=O)C1(C)CCCC1N)C(=O)O. The Hall–Kier alpha value is -1.10. The minimum Gasteiger partial charge on any atom is -0.480 e. The number of rotatable bonds is 5. The number of aliphatic carboxylic acids is 1. The lowest BCUT2D eigenvalue weighted by atomic mass is 9.83. The van der Waals surface area contributed by atoms with Crippen molar-refractivity contribution in [2.45, 2.75) is 58.5 Å². The zero-order valence-electron chi connectivity index (χ0n) is 11.4. The Morgan fingerprint density at radius 3 is 2.50 bits per heavy atom. The third-order valence-corrected chi connectivity index (χ3v) is 3.86. The average molecular weight is 256 g/mol. The van der Waals surface area contributed by atoms with E-state index < -0.39 is 17.4 Å². The molecule has 5 nitrogen and oxygen atoms in total. The highest BCUT2D eigenvalue weighted by molar-refractivity contribution is 5.88. The predicted octanol–water partition coefficient (Wildman–Crippen LogP) is 1.12. The van der Waals surface area contributed by atoms with Gasteiger partial charge >= 0.3 is 5.97 Å². The number of carboxylic acid groups (broad SMARTS) is 1. The van der Waals surface area contributed by atoms with Gasteiger partial charge in [0.15, 0.2) is 0 Å². The first-order valence-electron chi connectivity index (χ1n) is 6.56. The van der Waals surface area contributed by atoms with Gasteiger partial charge in [0.25, 0.3) is 0 Å². The molecule has 1 saturated carbocycles. The summed E-state index contributed by atoms with van der Waals surface area (Å²) >= 11 is 0. The van der Waals surface area contributed by atoms with Gasteiger partial charge in [-0.05, 0) is 32.1 Å². The van der Waals surface area contributed by atoms with Crippen LogP contribution in [0.25, 0.3) is 0 Å². The number of nitrogens with two attached hydrogens (primary N) is 1. The van der Waals surface area contributed by atoms with E-state index in [0.717, 1.165) is 19.3 Å². The molecular weight excluding hydrogens is 232 g/mol. The number of carboxylic acids is 1. The summed E-state index contributed by atoms with van der Waals surface area (Å²) in [7, 11) is 0. The smallest absolute Gasteiger partial charge is 0.326 e. The molecule has 0 aliphatic heterocycles. The van der Waals surface area contributed by atoms with Gasteiger partial charge in [0.2, 0.25) is 5.91 Å². The van der Waals surface area contributed by atoms with E-state index in [1.165, 1.54) is 0 Å². The first kappa shape index (κ1) is 15.0. The van der Waals surface area contributed by atoms with Gasteiger partial charge in [-0.15, -0.1) is 0 Å². The van der Waals surface area contributed by atoms with Crippen molar-refractivity contribution in [3.63, 3.8) is 0 Å². The van der Waals surface area contributed by atoms with Gasteiger partial charge in [0, 0.05) is 6.04 Å². The molecule has 0 spiro atoms. The number of amides is 1. The van der Waals surface area contributed by atoms with Gasteiger partial charge in [0.05, 0.1) is 5.41 Å². The van der Waals surface area contributed by atoms with Crippen LogP contribution in [0.2, 0.25) is 0 Å². The summed E-state index contributed by atoms with van der Waals surface area (Å²) in [6.45, 7) is 5.70. The maximum Gasteiger partial charge on any atom is 0.326 e. The Balaban J connectivity index is 2.69. The molecule has 0 aromatic rings. The minimum atomic E-state index is -0.979. The summed E-state index contributed by atoms with van der Waals surface area (Å²) < 4.78 is 0. The van der Waals surface area contributed by atoms with Crippen molar-refractivity contribution in [1.82, 2.24) is 5.32 Å². The summed E-state index contributed by atoms with van der Waals surface area (Å²) in [4.78, 5) is 23.3. The van der Waals surface area contributed by atoms with E-state index >= 15 is 0 Å². The van der Waals surface area contributed by atoms with Crippen molar-refractivity contribution in [3.05, 3.63) is 0 Å². The van der Waals surface area contributed by atoms with Crippen LogP contribution in [-0.4, -0.2) is 29.1 Å². The summed E-state index contributed by atoms with van der Waals surface area (Å²) in [5, 5.41) is 11.8. The first-order chi connectivity index (χ1) is 8.27. The van der Waals surface area contributed by atoms with Crippen LogP contribution in [0, 0.1) is 11.3 Å². The molecule has 0 saturated heterocycles. The number of nitrogens with one attached hydrogen (secondary N) is 1. The summed E-state index contributed by atoms with van der Waals surface area (Å²) in [5.74, 6) is -0.982. The van der Waals surface area contributed by atoms with E-state index in [2.05, 4.69) is 5.32 Å². The van der Waals surface area contributed by atoms with Gasteiger partial charge < -0.3 is 16.2 Å². The predicted molar refractivity (Wildman–Crippen MR) is 69.0 cm³/mol. The third kappa shape index (κ3) is 3.22. The molecule has 0 aromatic heterocycles. The van der Waals surface area contributed by atoms with Crippen LogP contribution in [0.3, 0.4) is 0 Å².